The lowest BCUT2D eigenvalue weighted by Gasteiger charge is -2.07. The monoisotopic (exact) mass is 159 g/mol. The van der Waals surface area contributed by atoms with Crippen LogP contribution in [0.3, 0.4) is 0 Å². The molecular formula is C6H9NO4. The predicted octanol–water partition coefficient (Wildman–Crippen LogP) is -1.01. The van der Waals surface area contributed by atoms with Crippen LogP contribution in [0.4, 0.5) is 0 Å². The SMILES string of the molecule is O=C(O)C1CNCC1C(=O)O. The summed E-state index contributed by atoms with van der Waals surface area (Å²) in [5.74, 6) is -3.62. The molecule has 1 aliphatic rings. The second-order valence-corrected chi connectivity index (χ2v) is 2.55. The lowest BCUT2D eigenvalue weighted by atomic mass is 9.97. The summed E-state index contributed by atoms with van der Waals surface area (Å²) >= 11 is 0. The van der Waals surface area contributed by atoms with Crippen LogP contribution < -0.4 is 5.32 Å². The van der Waals surface area contributed by atoms with E-state index in [0.29, 0.717) is 0 Å². The molecule has 0 radical (unpaired) electrons. The number of carboxylic acid groups (broad SMARTS) is 2. The molecule has 1 rings (SSSR count). The van der Waals surface area contributed by atoms with E-state index in [-0.39, 0.29) is 13.1 Å². The van der Waals surface area contributed by atoms with Crippen molar-refractivity contribution < 1.29 is 19.8 Å². The van der Waals surface area contributed by atoms with Gasteiger partial charge in [0.1, 0.15) is 0 Å². The molecule has 0 aromatic carbocycles. The number of rotatable bonds is 2. The second-order valence-electron chi connectivity index (χ2n) is 2.55. The summed E-state index contributed by atoms with van der Waals surface area (Å²) in [5, 5.41) is 19.8. The minimum absolute atomic E-state index is 0.256. The molecule has 2 unspecified atom stereocenters. The molecule has 1 heterocycles. The van der Waals surface area contributed by atoms with Gasteiger partial charge >= 0.3 is 11.9 Å². The fourth-order valence-corrected chi connectivity index (χ4v) is 1.20. The van der Waals surface area contributed by atoms with Gasteiger partial charge in [0, 0.05) is 13.1 Å². The van der Waals surface area contributed by atoms with Crippen molar-refractivity contribution in [3.63, 3.8) is 0 Å². The third-order valence-electron chi connectivity index (χ3n) is 1.85. The van der Waals surface area contributed by atoms with Crippen LogP contribution in [0.15, 0.2) is 0 Å². The van der Waals surface area contributed by atoms with Gasteiger partial charge in [-0.3, -0.25) is 9.59 Å². The fraction of sp³-hybridized carbons (Fsp3) is 0.667. The van der Waals surface area contributed by atoms with Gasteiger partial charge in [0.25, 0.3) is 0 Å². The topological polar surface area (TPSA) is 86.6 Å². The van der Waals surface area contributed by atoms with Crippen molar-refractivity contribution in [3.05, 3.63) is 0 Å². The molecule has 0 aliphatic carbocycles. The molecule has 1 fully saturated rings. The van der Waals surface area contributed by atoms with Gasteiger partial charge in [0.05, 0.1) is 11.8 Å². The summed E-state index contributed by atoms with van der Waals surface area (Å²) in [5.41, 5.74) is 0. The molecule has 0 spiro atoms. The first-order chi connectivity index (χ1) is 5.13. The predicted molar refractivity (Wildman–Crippen MR) is 35.1 cm³/mol. The van der Waals surface area contributed by atoms with Crippen LogP contribution in [0.1, 0.15) is 0 Å². The molecule has 1 saturated heterocycles. The Bertz CT molecular complexity index is 171. The maximum atomic E-state index is 10.4. The average molecular weight is 159 g/mol. The largest absolute Gasteiger partial charge is 0.481 e. The Morgan fingerprint density at radius 1 is 1.09 bits per heavy atom. The van der Waals surface area contributed by atoms with E-state index < -0.39 is 23.8 Å². The third-order valence-corrected chi connectivity index (χ3v) is 1.85. The summed E-state index contributed by atoms with van der Waals surface area (Å²) in [6.07, 6.45) is 0. The zero-order chi connectivity index (χ0) is 8.43. The zero-order valence-electron chi connectivity index (χ0n) is 5.78. The van der Waals surface area contributed by atoms with Gasteiger partial charge in [0.15, 0.2) is 0 Å². The van der Waals surface area contributed by atoms with E-state index in [1.807, 2.05) is 0 Å². The molecule has 3 N–H and O–H groups in total. The number of carboxylic acids is 2. The highest BCUT2D eigenvalue weighted by atomic mass is 16.4. The van der Waals surface area contributed by atoms with Gasteiger partial charge in [-0.05, 0) is 0 Å². The van der Waals surface area contributed by atoms with Crippen molar-refractivity contribution in [2.45, 2.75) is 0 Å². The first-order valence-electron chi connectivity index (χ1n) is 3.29. The Kier molecular flexibility index (Phi) is 2.09. The molecule has 2 atom stereocenters. The number of carbonyl (C=O) groups is 2. The van der Waals surface area contributed by atoms with Gasteiger partial charge in [0.2, 0.25) is 0 Å². The van der Waals surface area contributed by atoms with Crippen molar-refractivity contribution in [1.82, 2.24) is 5.32 Å². The van der Waals surface area contributed by atoms with Crippen molar-refractivity contribution in [1.29, 1.82) is 0 Å². The summed E-state index contributed by atoms with van der Waals surface area (Å²) in [6, 6.07) is 0. The van der Waals surface area contributed by atoms with Crippen molar-refractivity contribution >= 4 is 11.9 Å². The molecular weight excluding hydrogens is 150 g/mol. The minimum atomic E-state index is -1.04. The number of hydrogen-bond acceptors (Lipinski definition) is 3. The molecule has 0 aromatic heterocycles. The van der Waals surface area contributed by atoms with Crippen LogP contribution in [0, 0.1) is 11.8 Å². The number of aliphatic carboxylic acids is 2. The van der Waals surface area contributed by atoms with Gasteiger partial charge < -0.3 is 15.5 Å². The maximum Gasteiger partial charge on any atom is 0.308 e. The standard InChI is InChI=1S/C6H9NO4/c8-5(9)3-1-7-2-4(3)6(10)11/h3-4,7H,1-2H2,(H,8,9)(H,10,11). The van der Waals surface area contributed by atoms with Crippen LogP contribution >= 0.6 is 0 Å². The molecule has 5 nitrogen and oxygen atoms in total. The second kappa shape index (κ2) is 2.87. The summed E-state index contributed by atoms with van der Waals surface area (Å²) in [7, 11) is 0. The van der Waals surface area contributed by atoms with Crippen molar-refractivity contribution in [2.24, 2.45) is 11.8 Å². The van der Waals surface area contributed by atoms with E-state index in [4.69, 9.17) is 10.2 Å². The van der Waals surface area contributed by atoms with Crippen LogP contribution in [-0.2, 0) is 9.59 Å². The summed E-state index contributed by atoms with van der Waals surface area (Å²) in [4.78, 5) is 20.8. The van der Waals surface area contributed by atoms with E-state index in [1.165, 1.54) is 0 Å². The van der Waals surface area contributed by atoms with Gasteiger partial charge in [-0.25, -0.2) is 0 Å². The van der Waals surface area contributed by atoms with Gasteiger partial charge in [-0.15, -0.1) is 0 Å². The van der Waals surface area contributed by atoms with E-state index in [9.17, 15) is 9.59 Å². The highest BCUT2D eigenvalue weighted by Gasteiger charge is 2.37. The van der Waals surface area contributed by atoms with E-state index in [0.717, 1.165) is 0 Å². The molecule has 11 heavy (non-hydrogen) atoms. The van der Waals surface area contributed by atoms with E-state index in [1.54, 1.807) is 0 Å². The van der Waals surface area contributed by atoms with Crippen molar-refractivity contribution in [3.8, 4) is 0 Å². The average Bonchev–Trinajstić information content (AvgIpc) is 2.32. The molecule has 5 heteroatoms. The van der Waals surface area contributed by atoms with Crippen molar-refractivity contribution in [2.75, 3.05) is 13.1 Å². The van der Waals surface area contributed by atoms with E-state index >= 15 is 0 Å². The van der Waals surface area contributed by atoms with Gasteiger partial charge in [-0.1, -0.05) is 0 Å². The lowest BCUT2D eigenvalue weighted by Crippen LogP contribution is -2.28. The number of hydrogen-bond donors (Lipinski definition) is 3. The Hall–Kier alpha value is -1.10. The highest BCUT2D eigenvalue weighted by molar-refractivity contribution is 5.81. The fourth-order valence-electron chi connectivity index (χ4n) is 1.20. The molecule has 62 valence electrons. The molecule has 0 bridgehead atoms. The minimum Gasteiger partial charge on any atom is -0.481 e. The number of nitrogens with one attached hydrogen (secondary N) is 1. The zero-order valence-corrected chi connectivity index (χ0v) is 5.78. The maximum absolute atomic E-state index is 10.4. The lowest BCUT2D eigenvalue weighted by molar-refractivity contribution is -0.151. The first-order valence-corrected chi connectivity index (χ1v) is 3.29. The smallest absolute Gasteiger partial charge is 0.308 e. The van der Waals surface area contributed by atoms with Crippen LogP contribution in [0.5, 0.6) is 0 Å². The summed E-state index contributed by atoms with van der Waals surface area (Å²) < 4.78 is 0. The highest BCUT2D eigenvalue weighted by Crippen LogP contribution is 2.16. The molecule has 1 aliphatic heterocycles. The Morgan fingerprint density at radius 2 is 1.45 bits per heavy atom. The molecule has 0 saturated carbocycles. The Morgan fingerprint density at radius 3 is 1.73 bits per heavy atom. The Balaban J connectivity index is 2.65. The van der Waals surface area contributed by atoms with Crippen LogP contribution in [0.25, 0.3) is 0 Å². The van der Waals surface area contributed by atoms with E-state index in [2.05, 4.69) is 5.32 Å². The third kappa shape index (κ3) is 1.48. The van der Waals surface area contributed by atoms with Crippen LogP contribution in [0.2, 0.25) is 0 Å². The Labute approximate surface area is 63.0 Å². The first kappa shape index (κ1) is 8.00. The normalized spacial score (nSPS) is 30.2. The summed E-state index contributed by atoms with van der Waals surface area (Å²) in [6.45, 7) is 0.513. The van der Waals surface area contributed by atoms with Gasteiger partial charge in [-0.2, -0.15) is 0 Å². The molecule has 0 amide bonds. The quantitative estimate of drug-likeness (QED) is 0.480. The molecule has 0 aromatic rings. The van der Waals surface area contributed by atoms with Crippen LogP contribution in [-0.4, -0.2) is 35.2 Å².